The number of hydrogen-bond donors (Lipinski definition) is 0. The molecule has 0 aliphatic rings. The molecule has 0 atom stereocenters. The first kappa shape index (κ1) is 24.2. The van der Waals surface area contributed by atoms with Crippen molar-refractivity contribution in [1.29, 1.82) is 5.26 Å². The van der Waals surface area contributed by atoms with E-state index in [-0.39, 0.29) is 0 Å². The summed E-state index contributed by atoms with van der Waals surface area (Å²) in [4.78, 5) is 4.84. The maximum atomic E-state index is 9.64. The van der Waals surface area contributed by atoms with Crippen LogP contribution in [0.5, 0.6) is 0 Å². The topological polar surface area (TPSA) is 54.8 Å². The molecule has 0 aliphatic carbocycles. The number of hydrogen-bond acceptors (Lipinski definition) is 3. The van der Waals surface area contributed by atoms with Crippen LogP contribution in [0.2, 0.25) is 0 Å². The zero-order valence-electron chi connectivity index (χ0n) is 23.2. The SMILES string of the molecule is Cc1cccnc1-c1cc(-c2ccc3oc4ccccc4c3c2)cc(-n2c3ccccc3c3cc(C#N)ccc32)c1C. The van der Waals surface area contributed by atoms with Gasteiger partial charge in [0.05, 0.1) is 34.0 Å². The molecule has 8 rings (SSSR count). The first-order valence-corrected chi connectivity index (χ1v) is 14.0. The van der Waals surface area contributed by atoms with Crippen molar-refractivity contribution in [3.8, 4) is 34.1 Å². The second-order valence-corrected chi connectivity index (χ2v) is 10.8. The van der Waals surface area contributed by atoms with Gasteiger partial charge in [-0.05, 0) is 96.8 Å². The average Bonchev–Trinajstić information content (AvgIpc) is 3.56. The third kappa shape index (κ3) is 3.57. The Kier molecular flexibility index (Phi) is 5.29. The highest BCUT2D eigenvalue weighted by atomic mass is 16.3. The summed E-state index contributed by atoms with van der Waals surface area (Å²) in [5, 5.41) is 14.0. The number of aromatic nitrogens is 2. The van der Waals surface area contributed by atoms with Crippen LogP contribution in [0.1, 0.15) is 16.7 Å². The van der Waals surface area contributed by atoms with Crippen molar-refractivity contribution < 1.29 is 4.42 Å². The van der Waals surface area contributed by atoms with Gasteiger partial charge >= 0.3 is 0 Å². The summed E-state index contributed by atoms with van der Waals surface area (Å²) in [6.45, 7) is 4.29. The lowest BCUT2D eigenvalue weighted by molar-refractivity contribution is 0.669. The molecule has 5 aromatic carbocycles. The number of rotatable bonds is 3. The van der Waals surface area contributed by atoms with E-state index in [1.807, 2.05) is 36.5 Å². The largest absolute Gasteiger partial charge is 0.456 e. The van der Waals surface area contributed by atoms with E-state index in [1.165, 1.54) is 0 Å². The van der Waals surface area contributed by atoms with E-state index >= 15 is 0 Å². The number of fused-ring (bicyclic) bond motifs is 6. The van der Waals surface area contributed by atoms with Crippen molar-refractivity contribution >= 4 is 43.7 Å². The van der Waals surface area contributed by atoms with Gasteiger partial charge in [0.15, 0.2) is 0 Å². The van der Waals surface area contributed by atoms with E-state index in [9.17, 15) is 5.26 Å². The van der Waals surface area contributed by atoms with Gasteiger partial charge in [-0.3, -0.25) is 4.98 Å². The Morgan fingerprint density at radius 3 is 2.31 bits per heavy atom. The van der Waals surface area contributed by atoms with Crippen LogP contribution in [0.4, 0.5) is 0 Å². The number of nitriles is 1. The molecule has 0 N–H and O–H groups in total. The molecule has 0 spiro atoms. The number of para-hydroxylation sites is 2. The number of pyridine rings is 1. The van der Waals surface area contributed by atoms with E-state index in [0.29, 0.717) is 5.56 Å². The van der Waals surface area contributed by atoms with Gasteiger partial charge in [-0.15, -0.1) is 0 Å². The summed E-state index contributed by atoms with van der Waals surface area (Å²) in [5.74, 6) is 0. The molecule has 4 heteroatoms. The Labute approximate surface area is 242 Å². The van der Waals surface area contributed by atoms with Gasteiger partial charge in [0, 0.05) is 33.3 Å². The Hall–Kier alpha value is -5.66. The molecule has 0 bridgehead atoms. The van der Waals surface area contributed by atoms with Gasteiger partial charge < -0.3 is 8.98 Å². The van der Waals surface area contributed by atoms with Crippen molar-refractivity contribution in [3.05, 3.63) is 132 Å². The van der Waals surface area contributed by atoms with Crippen LogP contribution in [-0.2, 0) is 0 Å². The third-order valence-electron chi connectivity index (χ3n) is 8.40. The predicted molar refractivity (Wildman–Crippen MR) is 171 cm³/mol. The third-order valence-corrected chi connectivity index (χ3v) is 8.40. The number of furan rings is 1. The van der Waals surface area contributed by atoms with Crippen molar-refractivity contribution in [3.63, 3.8) is 0 Å². The van der Waals surface area contributed by atoms with E-state index in [4.69, 9.17) is 9.40 Å². The zero-order chi connectivity index (χ0) is 28.4. The smallest absolute Gasteiger partial charge is 0.135 e. The lowest BCUT2D eigenvalue weighted by atomic mass is 9.93. The minimum absolute atomic E-state index is 0.654. The monoisotopic (exact) mass is 539 g/mol. The Morgan fingerprint density at radius 1 is 0.667 bits per heavy atom. The van der Waals surface area contributed by atoms with Crippen LogP contribution in [0.15, 0.2) is 120 Å². The van der Waals surface area contributed by atoms with Crippen molar-refractivity contribution in [1.82, 2.24) is 9.55 Å². The second kappa shape index (κ2) is 9.19. The summed E-state index contributed by atoms with van der Waals surface area (Å²) in [6, 6.07) is 40.0. The molecule has 0 unspecified atom stereocenters. The number of benzene rings is 5. The zero-order valence-corrected chi connectivity index (χ0v) is 23.2. The van der Waals surface area contributed by atoms with Gasteiger partial charge in [-0.25, -0.2) is 0 Å². The maximum Gasteiger partial charge on any atom is 0.135 e. The van der Waals surface area contributed by atoms with Crippen LogP contribution >= 0.6 is 0 Å². The summed E-state index contributed by atoms with van der Waals surface area (Å²) in [7, 11) is 0. The normalized spacial score (nSPS) is 11.5. The van der Waals surface area contributed by atoms with Crippen LogP contribution in [-0.4, -0.2) is 9.55 Å². The predicted octanol–water partition coefficient (Wildman–Crippen LogP) is 9.90. The van der Waals surface area contributed by atoms with Crippen LogP contribution in [0.3, 0.4) is 0 Å². The molecule has 0 amide bonds. The molecule has 0 saturated carbocycles. The van der Waals surface area contributed by atoms with E-state index in [2.05, 4.69) is 103 Å². The van der Waals surface area contributed by atoms with Crippen molar-refractivity contribution in [2.24, 2.45) is 0 Å². The summed E-state index contributed by atoms with van der Waals surface area (Å²) >= 11 is 0. The molecule has 3 aromatic heterocycles. The van der Waals surface area contributed by atoms with Gasteiger partial charge in [-0.2, -0.15) is 5.26 Å². The average molecular weight is 540 g/mol. The maximum absolute atomic E-state index is 9.64. The fraction of sp³-hybridized carbons (Fsp3) is 0.0526. The van der Waals surface area contributed by atoms with Gasteiger partial charge in [0.2, 0.25) is 0 Å². The lowest BCUT2D eigenvalue weighted by Gasteiger charge is -2.18. The Bertz CT molecular complexity index is 2400. The standard InChI is InChI=1S/C38H25N3O/c1-23-8-7-17-40-38(23)30-20-27(26-14-16-37-32(19-26)29-10-4-6-12-36(29)42-37)21-35(24(30)2)41-33-11-5-3-9-28(33)31-18-25(22-39)13-15-34(31)41/h3-21H,1-2H3. The lowest BCUT2D eigenvalue weighted by Crippen LogP contribution is -2.01. The Balaban J connectivity index is 1.47. The van der Waals surface area contributed by atoms with Gasteiger partial charge in [0.1, 0.15) is 11.2 Å². The van der Waals surface area contributed by atoms with Crippen molar-refractivity contribution in [2.45, 2.75) is 13.8 Å². The fourth-order valence-corrected chi connectivity index (χ4v) is 6.32. The molecule has 0 saturated heterocycles. The molecule has 42 heavy (non-hydrogen) atoms. The number of nitrogens with zero attached hydrogens (tertiary/aromatic N) is 3. The summed E-state index contributed by atoms with van der Waals surface area (Å²) in [6.07, 6.45) is 1.86. The van der Waals surface area contributed by atoms with E-state index < -0.39 is 0 Å². The highest BCUT2D eigenvalue weighted by molar-refractivity contribution is 6.10. The first-order chi connectivity index (χ1) is 20.6. The molecular formula is C38H25N3O. The van der Waals surface area contributed by atoms with Crippen LogP contribution in [0, 0.1) is 25.2 Å². The summed E-state index contributed by atoms with van der Waals surface area (Å²) in [5.41, 5.74) is 12.2. The molecular weight excluding hydrogens is 514 g/mol. The fourth-order valence-electron chi connectivity index (χ4n) is 6.32. The number of aryl methyl sites for hydroxylation is 1. The van der Waals surface area contributed by atoms with E-state index in [1.54, 1.807) is 0 Å². The van der Waals surface area contributed by atoms with Gasteiger partial charge in [0.25, 0.3) is 0 Å². The molecule has 8 aromatic rings. The first-order valence-electron chi connectivity index (χ1n) is 14.0. The molecule has 3 heterocycles. The minimum Gasteiger partial charge on any atom is -0.456 e. The molecule has 198 valence electrons. The molecule has 0 aliphatic heterocycles. The van der Waals surface area contributed by atoms with Crippen LogP contribution in [0.25, 0.3) is 71.8 Å². The minimum atomic E-state index is 0.654. The summed E-state index contributed by atoms with van der Waals surface area (Å²) < 4.78 is 8.46. The van der Waals surface area contributed by atoms with Gasteiger partial charge in [-0.1, -0.05) is 48.5 Å². The van der Waals surface area contributed by atoms with Crippen molar-refractivity contribution in [2.75, 3.05) is 0 Å². The molecule has 0 radical (unpaired) electrons. The highest BCUT2D eigenvalue weighted by Crippen LogP contribution is 2.40. The second-order valence-electron chi connectivity index (χ2n) is 10.8. The van der Waals surface area contributed by atoms with Crippen LogP contribution < -0.4 is 0 Å². The Morgan fingerprint density at radius 2 is 1.45 bits per heavy atom. The highest BCUT2D eigenvalue weighted by Gasteiger charge is 2.19. The van der Waals surface area contributed by atoms with E-state index in [0.717, 1.165) is 82.9 Å². The molecule has 4 nitrogen and oxygen atoms in total. The molecule has 0 fully saturated rings. The quantitative estimate of drug-likeness (QED) is 0.224.